The normalized spacial score (nSPS) is 15.2. The maximum Gasteiger partial charge on any atom is 0.253 e. The Morgan fingerprint density at radius 3 is 2.81 bits per heavy atom. The number of carbonyl (C=O) groups is 1. The highest BCUT2D eigenvalue weighted by Gasteiger charge is 2.24. The molecule has 1 aliphatic rings. The van der Waals surface area contributed by atoms with Gasteiger partial charge in [0.1, 0.15) is 22.6 Å². The van der Waals surface area contributed by atoms with E-state index in [9.17, 15) is 4.79 Å². The number of benzene rings is 1. The number of aromatic amines is 1. The molecule has 1 aromatic carbocycles. The number of likely N-dealkylation sites (tertiary alicyclic amines) is 1. The smallest absolute Gasteiger partial charge is 0.253 e. The molecule has 134 valence electrons. The van der Waals surface area contributed by atoms with Crippen LogP contribution < -0.4 is 10.1 Å². The lowest BCUT2D eigenvalue weighted by Gasteiger charge is -2.32. The Balaban J connectivity index is 1.37. The van der Waals surface area contributed by atoms with Crippen molar-refractivity contribution in [1.29, 1.82) is 0 Å². The number of pyridine rings is 1. The first kappa shape index (κ1) is 16.3. The van der Waals surface area contributed by atoms with E-state index in [1.807, 2.05) is 23.1 Å². The fraction of sp³-hybridized carbons (Fsp3) is 0.333. The molecule has 1 saturated heterocycles. The van der Waals surface area contributed by atoms with Crippen LogP contribution in [-0.4, -0.2) is 57.4 Å². The zero-order valence-corrected chi connectivity index (χ0v) is 14.5. The number of rotatable bonds is 4. The number of piperidine rings is 1. The Kier molecular flexibility index (Phi) is 4.39. The molecule has 1 fully saturated rings. The van der Waals surface area contributed by atoms with E-state index < -0.39 is 0 Å². The van der Waals surface area contributed by atoms with Gasteiger partial charge in [0.2, 0.25) is 0 Å². The highest BCUT2D eigenvalue weighted by atomic mass is 16.5. The Bertz CT molecular complexity index is 917. The van der Waals surface area contributed by atoms with Gasteiger partial charge in [0.05, 0.1) is 7.11 Å². The maximum atomic E-state index is 12.7. The predicted molar refractivity (Wildman–Crippen MR) is 97.2 cm³/mol. The number of H-pyrrole nitrogens is 1. The van der Waals surface area contributed by atoms with E-state index in [0.717, 1.165) is 29.9 Å². The first-order chi connectivity index (χ1) is 12.7. The van der Waals surface area contributed by atoms with Crippen molar-refractivity contribution in [3.05, 3.63) is 42.1 Å². The largest absolute Gasteiger partial charge is 0.497 e. The van der Waals surface area contributed by atoms with Crippen molar-refractivity contribution < 1.29 is 9.53 Å². The number of aromatic nitrogens is 4. The highest BCUT2D eigenvalue weighted by Crippen LogP contribution is 2.20. The molecule has 8 nitrogen and oxygen atoms in total. The molecule has 0 aliphatic carbocycles. The van der Waals surface area contributed by atoms with Gasteiger partial charge in [-0.1, -0.05) is 0 Å². The molecule has 3 aromatic rings. The SMILES string of the molecule is COc1ccnc(NC2CCN(C(=O)c3ccc4n[nH]nc4c3)CC2)c1. The number of amides is 1. The van der Waals surface area contributed by atoms with Gasteiger partial charge in [-0.05, 0) is 37.1 Å². The third-order valence-electron chi connectivity index (χ3n) is 4.66. The van der Waals surface area contributed by atoms with Gasteiger partial charge in [0, 0.05) is 37.0 Å². The number of nitrogens with one attached hydrogen (secondary N) is 2. The quantitative estimate of drug-likeness (QED) is 0.746. The topological polar surface area (TPSA) is 96.0 Å². The Labute approximate surface area is 150 Å². The zero-order chi connectivity index (χ0) is 17.9. The van der Waals surface area contributed by atoms with Gasteiger partial charge in [-0.2, -0.15) is 15.4 Å². The van der Waals surface area contributed by atoms with Crippen LogP contribution in [0.1, 0.15) is 23.2 Å². The summed E-state index contributed by atoms with van der Waals surface area (Å²) in [5.41, 5.74) is 2.11. The second-order valence-corrected chi connectivity index (χ2v) is 6.32. The Morgan fingerprint density at radius 2 is 2.00 bits per heavy atom. The van der Waals surface area contributed by atoms with Crippen molar-refractivity contribution >= 4 is 22.8 Å². The molecule has 1 aliphatic heterocycles. The summed E-state index contributed by atoms with van der Waals surface area (Å²) in [5, 5.41) is 14.1. The van der Waals surface area contributed by atoms with Crippen molar-refractivity contribution in [2.45, 2.75) is 18.9 Å². The lowest BCUT2D eigenvalue weighted by Crippen LogP contribution is -2.42. The fourth-order valence-electron chi connectivity index (χ4n) is 3.21. The Morgan fingerprint density at radius 1 is 1.19 bits per heavy atom. The molecule has 4 rings (SSSR count). The van der Waals surface area contributed by atoms with Crippen molar-refractivity contribution in [2.24, 2.45) is 0 Å². The molecule has 0 unspecified atom stereocenters. The van der Waals surface area contributed by atoms with E-state index in [2.05, 4.69) is 25.7 Å². The highest BCUT2D eigenvalue weighted by molar-refractivity contribution is 5.97. The van der Waals surface area contributed by atoms with E-state index in [1.165, 1.54) is 0 Å². The van der Waals surface area contributed by atoms with Gasteiger partial charge in [-0.25, -0.2) is 4.98 Å². The molecule has 0 atom stereocenters. The summed E-state index contributed by atoms with van der Waals surface area (Å²) in [7, 11) is 1.64. The summed E-state index contributed by atoms with van der Waals surface area (Å²) in [6, 6.07) is 9.39. The minimum Gasteiger partial charge on any atom is -0.497 e. The lowest BCUT2D eigenvalue weighted by molar-refractivity contribution is 0.0718. The van der Waals surface area contributed by atoms with Crippen LogP contribution in [0, 0.1) is 0 Å². The van der Waals surface area contributed by atoms with Gasteiger partial charge in [-0.15, -0.1) is 0 Å². The number of nitrogens with zero attached hydrogens (tertiary/aromatic N) is 4. The van der Waals surface area contributed by atoms with Crippen LogP contribution in [0.4, 0.5) is 5.82 Å². The molecule has 8 heteroatoms. The standard InChI is InChI=1S/C18H20N6O2/c1-26-14-4-7-19-17(11-14)20-13-5-8-24(9-6-13)18(25)12-2-3-15-16(10-12)22-23-21-15/h2-4,7,10-11,13H,5-6,8-9H2,1H3,(H,19,20)(H,21,22,23). The number of hydrogen-bond acceptors (Lipinski definition) is 6. The fourth-order valence-corrected chi connectivity index (χ4v) is 3.21. The van der Waals surface area contributed by atoms with Crippen LogP contribution >= 0.6 is 0 Å². The van der Waals surface area contributed by atoms with Gasteiger partial charge in [0.15, 0.2) is 0 Å². The first-order valence-electron chi connectivity index (χ1n) is 8.59. The summed E-state index contributed by atoms with van der Waals surface area (Å²) < 4.78 is 5.22. The summed E-state index contributed by atoms with van der Waals surface area (Å²) in [5.74, 6) is 1.61. The zero-order valence-electron chi connectivity index (χ0n) is 14.5. The molecule has 2 N–H and O–H groups in total. The summed E-state index contributed by atoms with van der Waals surface area (Å²) in [6.07, 6.45) is 3.47. The van der Waals surface area contributed by atoms with E-state index >= 15 is 0 Å². The number of anilines is 1. The molecule has 3 heterocycles. The number of carbonyl (C=O) groups excluding carboxylic acids is 1. The van der Waals surface area contributed by atoms with E-state index in [4.69, 9.17) is 4.74 Å². The third kappa shape index (κ3) is 3.30. The number of methoxy groups -OCH3 is 1. The second-order valence-electron chi connectivity index (χ2n) is 6.32. The molecule has 0 radical (unpaired) electrons. The molecular formula is C18H20N6O2. The Hall–Kier alpha value is -3.16. The maximum absolute atomic E-state index is 12.7. The van der Waals surface area contributed by atoms with Gasteiger partial charge >= 0.3 is 0 Å². The van der Waals surface area contributed by atoms with E-state index in [1.54, 1.807) is 25.4 Å². The van der Waals surface area contributed by atoms with Crippen LogP contribution in [0.5, 0.6) is 5.75 Å². The van der Waals surface area contributed by atoms with Crippen LogP contribution in [0.3, 0.4) is 0 Å². The van der Waals surface area contributed by atoms with Crippen LogP contribution in [0.15, 0.2) is 36.5 Å². The minimum absolute atomic E-state index is 0.0351. The molecule has 0 bridgehead atoms. The van der Waals surface area contributed by atoms with E-state index in [0.29, 0.717) is 24.2 Å². The van der Waals surface area contributed by atoms with Gasteiger partial charge in [-0.3, -0.25) is 4.79 Å². The average Bonchev–Trinajstić information content (AvgIpc) is 3.16. The molecule has 0 spiro atoms. The number of hydrogen-bond donors (Lipinski definition) is 2. The lowest BCUT2D eigenvalue weighted by atomic mass is 10.0. The predicted octanol–water partition coefficient (Wildman–Crippen LogP) is 2.08. The van der Waals surface area contributed by atoms with Crippen LogP contribution in [0.2, 0.25) is 0 Å². The summed E-state index contributed by atoms with van der Waals surface area (Å²) >= 11 is 0. The van der Waals surface area contributed by atoms with Crippen molar-refractivity contribution in [1.82, 2.24) is 25.3 Å². The average molecular weight is 352 g/mol. The van der Waals surface area contributed by atoms with Crippen molar-refractivity contribution in [3.8, 4) is 5.75 Å². The molecule has 2 aromatic heterocycles. The van der Waals surface area contributed by atoms with Crippen LogP contribution in [-0.2, 0) is 0 Å². The number of ether oxygens (including phenoxy) is 1. The monoisotopic (exact) mass is 352 g/mol. The molecular weight excluding hydrogens is 332 g/mol. The molecule has 26 heavy (non-hydrogen) atoms. The summed E-state index contributed by atoms with van der Waals surface area (Å²) in [6.45, 7) is 1.41. The molecule has 0 saturated carbocycles. The van der Waals surface area contributed by atoms with Crippen molar-refractivity contribution in [2.75, 3.05) is 25.5 Å². The minimum atomic E-state index is 0.0351. The van der Waals surface area contributed by atoms with Crippen molar-refractivity contribution in [3.63, 3.8) is 0 Å². The molecule has 1 amide bonds. The summed E-state index contributed by atoms with van der Waals surface area (Å²) in [4.78, 5) is 18.9. The van der Waals surface area contributed by atoms with Crippen LogP contribution in [0.25, 0.3) is 11.0 Å². The second kappa shape index (κ2) is 6.99. The third-order valence-corrected chi connectivity index (χ3v) is 4.66. The van der Waals surface area contributed by atoms with Gasteiger partial charge in [0.25, 0.3) is 5.91 Å². The first-order valence-corrected chi connectivity index (χ1v) is 8.59. The van der Waals surface area contributed by atoms with E-state index in [-0.39, 0.29) is 11.9 Å². The van der Waals surface area contributed by atoms with Gasteiger partial charge < -0.3 is 15.0 Å². The number of fused-ring (bicyclic) bond motifs is 1.